The summed E-state index contributed by atoms with van der Waals surface area (Å²) < 4.78 is 33.9. The Morgan fingerprint density at radius 2 is 1.61 bits per heavy atom. The van der Waals surface area contributed by atoms with Gasteiger partial charge in [-0.25, -0.2) is 4.79 Å². The van der Waals surface area contributed by atoms with E-state index in [2.05, 4.69) is 0 Å². The van der Waals surface area contributed by atoms with Crippen molar-refractivity contribution in [3.8, 4) is 11.1 Å². The molecule has 0 saturated heterocycles. The summed E-state index contributed by atoms with van der Waals surface area (Å²) in [6, 6.07) is 14.9. The summed E-state index contributed by atoms with van der Waals surface area (Å²) in [6.45, 7) is -1.24. The van der Waals surface area contributed by atoms with Crippen molar-refractivity contribution in [1.82, 2.24) is 10.2 Å². The lowest BCUT2D eigenvalue weighted by Gasteiger charge is -2.40. The van der Waals surface area contributed by atoms with E-state index in [4.69, 9.17) is 9.84 Å². The van der Waals surface area contributed by atoms with Crippen LogP contribution in [0.5, 0.6) is 0 Å². The fourth-order valence-electron chi connectivity index (χ4n) is 4.44. The van der Waals surface area contributed by atoms with Gasteiger partial charge in [0.25, 0.3) is 5.91 Å². The van der Waals surface area contributed by atoms with Gasteiger partial charge in [0.1, 0.15) is 6.61 Å². The van der Waals surface area contributed by atoms with Crippen LogP contribution in [0.2, 0.25) is 0 Å². The molecular weight excluding hydrogens is 434 g/mol. The number of carbonyl (C=O) groups is 3. The molecule has 2 aliphatic carbocycles. The van der Waals surface area contributed by atoms with Gasteiger partial charge in [0.2, 0.25) is 0 Å². The standard InChI is InChI=1S/C24H24F2N2O5/c1-28(15-10-14(11-15)21(29)30)22(31)24(25,26)13-27-23(32)33-12-20-18-8-4-2-6-16(18)17-7-3-5-9-19(17)20/h2-9,14-15,20H,10-13H2,1H3,(H,27,32)(H,29,30). The van der Waals surface area contributed by atoms with Gasteiger partial charge in [0, 0.05) is 19.0 Å². The van der Waals surface area contributed by atoms with Crippen molar-refractivity contribution < 1.29 is 33.0 Å². The van der Waals surface area contributed by atoms with Crippen molar-refractivity contribution in [3.05, 3.63) is 59.7 Å². The van der Waals surface area contributed by atoms with Crippen molar-refractivity contribution in [2.24, 2.45) is 5.92 Å². The van der Waals surface area contributed by atoms with Crippen LogP contribution in [0, 0.1) is 5.92 Å². The molecule has 1 saturated carbocycles. The number of nitrogens with zero attached hydrogens (tertiary/aromatic N) is 1. The zero-order chi connectivity index (χ0) is 23.8. The van der Waals surface area contributed by atoms with Crippen LogP contribution in [-0.2, 0) is 14.3 Å². The number of halogens is 2. The molecule has 0 radical (unpaired) electrons. The minimum absolute atomic E-state index is 0.0298. The molecule has 1 fully saturated rings. The molecule has 33 heavy (non-hydrogen) atoms. The molecule has 4 rings (SSSR count). The normalized spacial score (nSPS) is 19.1. The Bertz CT molecular complexity index is 1040. The number of aliphatic carboxylic acids is 1. The van der Waals surface area contributed by atoms with E-state index in [1.54, 1.807) is 0 Å². The molecule has 0 spiro atoms. The van der Waals surface area contributed by atoms with Crippen LogP contribution in [-0.4, -0.2) is 60.1 Å². The highest BCUT2D eigenvalue weighted by molar-refractivity contribution is 5.85. The molecule has 2 aromatic rings. The second-order valence-corrected chi connectivity index (χ2v) is 8.46. The van der Waals surface area contributed by atoms with Gasteiger partial charge < -0.3 is 20.1 Å². The second-order valence-electron chi connectivity index (χ2n) is 8.46. The number of hydrogen-bond acceptors (Lipinski definition) is 4. The van der Waals surface area contributed by atoms with Crippen LogP contribution >= 0.6 is 0 Å². The van der Waals surface area contributed by atoms with Crippen LogP contribution in [0.15, 0.2) is 48.5 Å². The fourth-order valence-corrected chi connectivity index (χ4v) is 4.44. The first-order valence-electron chi connectivity index (χ1n) is 10.7. The third-order valence-electron chi connectivity index (χ3n) is 6.44. The summed E-state index contributed by atoms with van der Waals surface area (Å²) in [5.41, 5.74) is 4.08. The number of hydrogen-bond donors (Lipinski definition) is 2. The number of alkyl carbamates (subject to hydrolysis) is 1. The molecule has 9 heteroatoms. The van der Waals surface area contributed by atoms with Gasteiger partial charge in [0.05, 0.1) is 12.5 Å². The summed E-state index contributed by atoms with van der Waals surface area (Å²) in [6.07, 6.45) is -0.775. The minimum Gasteiger partial charge on any atom is -0.481 e. The van der Waals surface area contributed by atoms with Gasteiger partial charge >= 0.3 is 18.0 Å². The average molecular weight is 458 g/mol. The van der Waals surface area contributed by atoms with E-state index in [0.29, 0.717) is 0 Å². The number of rotatable bonds is 7. The summed E-state index contributed by atoms with van der Waals surface area (Å²) in [4.78, 5) is 36.0. The number of carboxylic acid groups (broad SMARTS) is 1. The summed E-state index contributed by atoms with van der Waals surface area (Å²) >= 11 is 0. The Kier molecular flexibility index (Phi) is 6.05. The van der Waals surface area contributed by atoms with Crippen molar-refractivity contribution in [2.45, 2.75) is 30.7 Å². The summed E-state index contributed by atoms with van der Waals surface area (Å²) in [7, 11) is 1.21. The molecule has 0 aliphatic heterocycles. The Morgan fingerprint density at radius 3 is 2.15 bits per heavy atom. The van der Waals surface area contributed by atoms with Gasteiger partial charge in [-0.1, -0.05) is 48.5 Å². The van der Waals surface area contributed by atoms with Crippen LogP contribution in [0.25, 0.3) is 11.1 Å². The fraction of sp³-hybridized carbons (Fsp3) is 0.375. The van der Waals surface area contributed by atoms with Crippen molar-refractivity contribution in [3.63, 3.8) is 0 Å². The maximum atomic E-state index is 14.4. The van der Waals surface area contributed by atoms with E-state index in [1.165, 1.54) is 7.05 Å². The van der Waals surface area contributed by atoms with Crippen LogP contribution in [0.4, 0.5) is 13.6 Å². The van der Waals surface area contributed by atoms with Gasteiger partial charge in [-0.3, -0.25) is 9.59 Å². The number of carboxylic acids is 1. The molecule has 0 unspecified atom stereocenters. The molecule has 174 valence electrons. The zero-order valence-corrected chi connectivity index (χ0v) is 18.0. The van der Waals surface area contributed by atoms with Crippen LogP contribution < -0.4 is 5.32 Å². The van der Waals surface area contributed by atoms with E-state index >= 15 is 0 Å². The van der Waals surface area contributed by atoms with E-state index in [1.807, 2.05) is 53.8 Å². The Morgan fingerprint density at radius 1 is 1.06 bits per heavy atom. The van der Waals surface area contributed by atoms with Gasteiger partial charge in [-0.15, -0.1) is 0 Å². The van der Waals surface area contributed by atoms with Crippen LogP contribution in [0.3, 0.4) is 0 Å². The molecule has 0 aromatic heterocycles. The molecule has 0 heterocycles. The number of carbonyl (C=O) groups excluding carboxylic acids is 2. The summed E-state index contributed by atoms with van der Waals surface area (Å²) in [5, 5.41) is 10.9. The molecular formula is C24H24F2N2O5. The van der Waals surface area contributed by atoms with E-state index in [-0.39, 0.29) is 25.4 Å². The van der Waals surface area contributed by atoms with E-state index < -0.39 is 42.4 Å². The van der Waals surface area contributed by atoms with E-state index in [9.17, 15) is 23.2 Å². The highest BCUT2D eigenvalue weighted by Crippen LogP contribution is 2.44. The third-order valence-corrected chi connectivity index (χ3v) is 6.44. The molecule has 2 N–H and O–H groups in total. The number of ether oxygens (including phenoxy) is 1. The third kappa shape index (κ3) is 4.40. The predicted molar refractivity (Wildman–Crippen MR) is 115 cm³/mol. The second kappa shape index (κ2) is 8.80. The topological polar surface area (TPSA) is 95.9 Å². The van der Waals surface area contributed by atoms with E-state index in [0.717, 1.165) is 27.2 Å². The molecule has 0 atom stereocenters. The van der Waals surface area contributed by atoms with Gasteiger partial charge in [-0.2, -0.15) is 8.78 Å². The Hall–Kier alpha value is -3.49. The Balaban J connectivity index is 1.31. The molecule has 7 nitrogen and oxygen atoms in total. The lowest BCUT2D eigenvalue weighted by molar-refractivity contribution is -0.163. The lowest BCUT2D eigenvalue weighted by Crippen LogP contribution is -2.55. The number of amides is 2. The van der Waals surface area contributed by atoms with Gasteiger partial charge in [0.15, 0.2) is 0 Å². The molecule has 2 aromatic carbocycles. The molecule has 2 amide bonds. The zero-order valence-electron chi connectivity index (χ0n) is 18.0. The van der Waals surface area contributed by atoms with Gasteiger partial charge in [-0.05, 0) is 35.1 Å². The number of benzene rings is 2. The predicted octanol–water partition coefficient (Wildman–Crippen LogP) is 3.48. The van der Waals surface area contributed by atoms with Crippen molar-refractivity contribution in [1.29, 1.82) is 0 Å². The molecule has 0 bridgehead atoms. The number of nitrogens with one attached hydrogen (secondary N) is 1. The number of fused-ring (bicyclic) bond motifs is 3. The van der Waals surface area contributed by atoms with Crippen LogP contribution in [0.1, 0.15) is 29.9 Å². The van der Waals surface area contributed by atoms with Crippen molar-refractivity contribution >= 4 is 18.0 Å². The largest absolute Gasteiger partial charge is 0.481 e. The highest BCUT2D eigenvalue weighted by atomic mass is 19.3. The first-order chi connectivity index (χ1) is 15.7. The maximum Gasteiger partial charge on any atom is 0.407 e. The maximum absolute atomic E-state index is 14.4. The molecule has 2 aliphatic rings. The summed E-state index contributed by atoms with van der Waals surface area (Å²) in [5.74, 6) is -7.14. The first-order valence-corrected chi connectivity index (χ1v) is 10.7. The lowest BCUT2D eigenvalue weighted by atomic mass is 9.79. The average Bonchev–Trinajstić information content (AvgIpc) is 3.08. The smallest absolute Gasteiger partial charge is 0.407 e. The minimum atomic E-state index is -3.84. The first kappa shape index (κ1) is 22.7. The SMILES string of the molecule is CN(C(=O)C(F)(F)CNC(=O)OCC1c2ccccc2-c2ccccc21)C1CC(C(=O)O)C1. The quantitative estimate of drug-likeness (QED) is 0.662. The highest BCUT2D eigenvalue weighted by Gasteiger charge is 2.47. The monoisotopic (exact) mass is 458 g/mol. The van der Waals surface area contributed by atoms with Crippen molar-refractivity contribution in [2.75, 3.05) is 20.2 Å². The Labute approximate surface area is 189 Å². The number of alkyl halides is 2.